The Morgan fingerprint density at radius 3 is 2.24 bits per heavy atom. The molecule has 1 heterocycles. The number of hydrogen-bond acceptors (Lipinski definition) is 3. The van der Waals surface area contributed by atoms with Crippen molar-refractivity contribution < 1.29 is 4.74 Å². The molecule has 2 aromatic carbocycles. The predicted molar refractivity (Wildman–Crippen MR) is 97.6 cm³/mol. The largest absolute Gasteiger partial charge is 0.361 e. The lowest BCUT2D eigenvalue weighted by atomic mass is 10.00. The number of benzene rings is 2. The first-order chi connectivity index (χ1) is 12.2. The number of nitrogens with one attached hydrogen (secondary N) is 1. The first-order valence-corrected chi connectivity index (χ1v) is 8.23. The van der Waals surface area contributed by atoms with Gasteiger partial charge in [-0.25, -0.2) is 4.79 Å². The van der Waals surface area contributed by atoms with E-state index in [1.807, 2.05) is 67.6 Å². The molecule has 0 spiro atoms. The summed E-state index contributed by atoms with van der Waals surface area (Å²) in [5.41, 5.74) is 2.12. The van der Waals surface area contributed by atoms with Gasteiger partial charge >= 0.3 is 5.69 Å². The zero-order chi connectivity index (χ0) is 17.6. The van der Waals surface area contributed by atoms with Crippen LogP contribution in [0.4, 0.5) is 0 Å². The summed E-state index contributed by atoms with van der Waals surface area (Å²) in [6, 6.07) is 19.2. The summed E-state index contributed by atoms with van der Waals surface area (Å²) in [6.07, 6.45) is 0.470. The number of rotatable bonds is 6. The van der Waals surface area contributed by atoms with E-state index in [0.29, 0.717) is 24.3 Å². The third-order valence-corrected chi connectivity index (χ3v) is 4.01. The van der Waals surface area contributed by atoms with Crippen LogP contribution in [0, 0.1) is 0 Å². The topological polar surface area (TPSA) is 64.1 Å². The van der Waals surface area contributed by atoms with Crippen molar-refractivity contribution in [1.82, 2.24) is 9.55 Å². The molecule has 0 saturated carbocycles. The van der Waals surface area contributed by atoms with Crippen LogP contribution >= 0.6 is 0 Å². The minimum Gasteiger partial charge on any atom is -0.361 e. The summed E-state index contributed by atoms with van der Waals surface area (Å²) >= 11 is 0. The monoisotopic (exact) mass is 336 g/mol. The summed E-state index contributed by atoms with van der Waals surface area (Å²) in [7, 11) is 0. The third-order valence-electron chi connectivity index (χ3n) is 4.01. The molecule has 0 aliphatic rings. The molecular formula is C20H20N2O3. The maximum Gasteiger partial charge on any atom is 0.330 e. The molecule has 0 radical (unpaired) electrons. The van der Waals surface area contributed by atoms with Crippen molar-refractivity contribution in [1.29, 1.82) is 0 Å². The molecule has 25 heavy (non-hydrogen) atoms. The Balaban J connectivity index is 2.22. The smallest absolute Gasteiger partial charge is 0.330 e. The fraction of sp³-hybridized carbons (Fsp3) is 0.200. The Kier molecular flexibility index (Phi) is 5.26. The van der Waals surface area contributed by atoms with E-state index < -0.39 is 5.69 Å². The maximum atomic E-state index is 12.6. The second-order valence-corrected chi connectivity index (χ2v) is 5.66. The first-order valence-electron chi connectivity index (χ1n) is 8.23. The van der Waals surface area contributed by atoms with E-state index in [1.54, 1.807) is 0 Å². The van der Waals surface area contributed by atoms with Crippen molar-refractivity contribution >= 4 is 0 Å². The molecule has 5 nitrogen and oxygen atoms in total. The highest BCUT2D eigenvalue weighted by Gasteiger charge is 2.17. The zero-order valence-corrected chi connectivity index (χ0v) is 14.1. The molecule has 0 atom stereocenters. The van der Waals surface area contributed by atoms with Crippen LogP contribution in [0.25, 0.3) is 11.1 Å². The van der Waals surface area contributed by atoms with E-state index >= 15 is 0 Å². The summed E-state index contributed by atoms with van der Waals surface area (Å²) in [6.45, 7) is 2.46. The van der Waals surface area contributed by atoms with Gasteiger partial charge in [-0.15, -0.1) is 0 Å². The lowest BCUT2D eigenvalue weighted by molar-refractivity contribution is 0.0826. The Bertz CT molecular complexity index is 944. The number of aromatic nitrogens is 2. The van der Waals surface area contributed by atoms with Gasteiger partial charge in [-0.2, -0.15) is 0 Å². The summed E-state index contributed by atoms with van der Waals surface area (Å²) in [5.74, 6) is 0. The van der Waals surface area contributed by atoms with Gasteiger partial charge in [-0.05, 0) is 18.1 Å². The van der Waals surface area contributed by atoms with E-state index in [1.165, 1.54) is 4.57 Å². The van der Waals surface area contributed by atoms with Crippen LogP contribution in [0.5, 0.6) is 0 Å². The fourth-order valence-corrected chi connectivity index (χ4v) is 2.81. The highest BCUT2D eigenvalue weighted by atomic mass is 16.5. The Labute approximate surface area is 145 Å². The number of H-pyrrole nitrogens is 1. The lowest BCUT2D eigenvalue weighted by Crippen LogP contribution is -2.35. The minimum atomic E-state index is -0.455. The molecule has 1 N–H and O–H groups in total. The molecule has 0 unspecified atom stereocenters. The van der Waals surface area contributed by atoms with Crippen LogP contribution in [-0.2, 0) is 17.9 Å². The highest BCUT2D eigenvalue weighted by molar-refractivity contribution is 5.65. The van der Waals surface area contributed by atoms with Gasteiger partial charge < -0.3 is 4.74 Å². The average molecular weight is 336 g/mol. The molecule has 3 rings (SSSR count). The quantitative estimate of drug-likeness (QED) is 0.753. The molecule has 5 heteroatoms. The summed E-state index contributed by atoms with van der Waals surface area (Å²) < 4.78 is 6.95. The van der Waals surface area contributed by atoms with Gasteiger partial charge in [0, 0.05) is 18.7 Å². The van der Waals surface area contributed by atoms with E-state index in [9.17, 15) is 9.59 Å². The average Bonchev–Trinajstić information content (AvgIpc) is 2.63. The Morgan fingerprint density at radius 1 is 0.960 bits per heavy atom. The number of nitrogens with zero attached hydrogens (tertiary/aromatic N) is 1. The van der Waals surface area contributed by atoms with Gasteiger partial charge in [0.1, 0.15) is 6.73 Å². The molecule has 128 valence electrons. The van der Waals surface area contributed by atoms with Gasteiger partial charge in [0.2, 0.25) is 0 Å². The number of ether oxygens (including phenoxy) is 1. The van der Waals surface area contributed by atoms with Crippen LogP contribution in [0.15, 0.2) is 70.3 Å². The standard InChI is InChI=1S/C20H20N2O3/c1-2-25-14-22-17(13-15-9-5-3-6-10-15)18(19(23)21-20(22)24)16-11-7-4-8-12-16/h3-12H,2,13-14H2,1H3,(H,21,23,24). The maximum absolute atomic E-state index is 12.6. The van der Waals surface area contributed by atoms with Gasteiger partial charge in [0.25, 0.3) is 5.56 Å². The second kappa shape index (κ2) is 7.77. The van der Waals surface area contributed by atoms with Crippen LogP contribution in [-0.4, -0.2) is 16.2 Å². The third kappa shape index (κ3) is 3.78. The fourth-order valence-electron chi connectivity index (χ4n) is 2.81. The van der Waals surface area contributed by atoms with Gasteiger partial charge in [-0.3, -0.25) is 14.3 Å². The Morgan fingerprint density at radius 2 is 1.60 bits per heavy atom. The predicted octanol–water partition coefficient (Wildman–Crippen LogP) is 2.79. The van der Waals surface area contributed by atoms with Crippen molar-refractivity contribution in [3.05, 3.63) is 92.8 Å². The molecule has 3 aromatic rings. The van der Waals surface area contributed by atoms with E-state index in [4.69, 9.17) is 4.74 Å². The highest BCUT2D eigenvalue weighted by Crippen LogP contribution is 2.21. The lowest BCUT2D eigenvalue weighted by Gasteiger charge is -2.16. The van der Waals surface area contributed by atoms with E-state index in [0.717, 1.165) is 11.1 Å². The van der Waals surface area contributed by atoms with Crippen molar-refractivity contribution in [2.24, 2.45) is 0 Å². The van der Waals surface area contributed by atoms with Crippen molar-refractivity contribution in [2.75, 3.05) is 6.61 Å². The normalized spacial score (nSPS) is 10.8. The van der Waals surface area contributed by atoms with Crippen molar-refractivity contribution in [2.45, 2.75) is 20.1 Å². The van der Waals surface area contributed by atoms with Crippen molar-refractivity contribution in [3.8, 4) is 11.1 Å². The zero-order valence-electron chi connectivity index (χ0n) is 14.1. The Hall–Kier alpha value is -2.92. The van der Waals surface area contributed by atoms with Crippen LogP contribution in [0.1, 0.15) is 18.2 Å². The number of aromatic amines is 1. The van der Waals surface area contributed by atoms with Gasteiger partial charge in [0.05, 0.1) is 5.56 Å². The number of hydrogen-bond donors (Lipinski definition) is 1. The van der Waals surface area contributed by atoms with Crippen LogP contribution in [0.2, 0.25) is 0 Å². The molecule has 0 aliphatic heterocycles. The van der Waals surface area contributed by atoms with Crippen LogP contribution in [0.3, 0.4) is 0 Å². The second-order valence-electron chi connectivity index (χ2n) is 5.66. The minimum absolute atomic E-state index is 0.105. The molecular weight excluding hydrogens is 316 g/mol. The molecule has 0 saturated heterocycles. The molecule has 0 aliphatic carbocycles. The van der Waals surface area contributed by atoms with E-state index in [2.05, 4.69) is 4.98 Å². The molecule has 0 amide bonds. The van der Waals surface area contributed by atoms with Gasteiger partial charge in [-0.1, -0.05) is 60.7 Å². The van der Waals surface area contributed by atoms with Gasteiger partial charge in [0.15, 0.2) is 0 Å². The summed E-state index contributed by atoms with van der Waals surface area (Å²) in [5, 5.41) is 0. The first kappa shape index (κ1) is 16.9. The summed E-state index contributed by atoms with van der Waals surface area (Å²) in [4.78, 5) is 27.3. The van der Waals surface area contributed by atoms with Crippen LogP contribution < -0.4 is 11.2 Å². The SMILES string of the molecule is CCOCn1c(Cc2ccccc2)c(-c2ccccc2)c(=O)[nH]c1=O. The molecule has 0 bridgehead atoms. The molecule has 0 fully saturated rings. The van der Waals surface area contributed by atoms with Crippen molar-refractivity contribution in [3.63, 3.8) is 0 Å². The molecule has 1 aromatic heterocycles. The van der Waals surface area contributed by atoms with E-state index in [-0.39, 0.29) is 12.3 Å².